The number of furan rings is 1. The van der Waals surface area contributed by atoms with Crippen molar-refractivity contribution >= 4 is 28.8 Å². The van der Waals surface area contributed by atoms with Gasteiger partial charge in [0.25, 0.3) is 0 Å². The zero-order valence-corrected chi connectivity index (χ0v) is 19.3. The van der Waals surface area contributed by atoms with Crippen LogP contribution in [0.15, 0.2) is 41.0 Å². The second-order valence-corrected chi connectivity index (χ2v) is 9.61. The first-order chi connectivity index (χ1) is 15.9. The van der Waals surface area contributed by atoms with Crippen LogP contribution in [0.2, 0.25) is 0 Å². The number of hydrogen-bond acceptors (Lipinski definition) is 4. The fourth-order valence-electron chi connectivity index (χ4n) is 4.15. The van der Waals surface area contributed by atoms with Gasteiger partial charge in [0.05, 0.1) is 29.4 Å². The molecule has 0 unspecified atom stereocenters. The van der Waals surface area contributed by atoms with Crippen molar-refractivity contribution in [1.29, 1.82) is 0 Å². The molecule has 0 radical (unpaired) electrons. The molecule has 34 heavy (non-hydrogen) atoms. The fourth-order valence-corrected chi connectivity index (χ4v) is 4.15. The Balaban J connectivity index is 1.56. The number of imidazole rings is 1. The lowest BCUT2D eigenvalue weighted by molar-refractivity contribution is -0.142. The summed E-state index contributed by atoms with van der Waals surface area (Å²) in [6.45, 7) is 6.74. The van der Waals surface area contributed by atoms with E-state index in [0.717, 1.165) is 12.1 Å². The third-order valence-electron chi connectivity index (χ3n) is 6.00. The summed E-state index contributed by atoms with van der Waals surface area (Å²) >= 11 is 0. The monoisotopic (exact) mass is 476 g/mol. The number of benzene rings is 1. The van der Waals surface area contributed by atoms with E-state index in [1.54, 1.807) is 21.6 Å². The summed E-state index contributed by atoms with van der Waals surface area (Å²) in [5.74, 6) is 0.182. The standard InChI is InChI=1S/C24H27F3N4O3/c1-23(2,3)21(33)30-10-8-15(9-11-30)20(32)29-22-28-18-13-16(24(25,26)27)6-7-19(18)31(22)14-17-5-4-12-34-17/h4-7,12-13,15H,8-11,14H2,1-3H3,(H,28,29,32). The van der Waals surface area contributed by atoms with Crippen LogP contribution in [0.5, 0.6) is 0 Å². The number of likely N-dealkylation sites (tertiary alicyclic amines) is 1. The van der Waals surface area contributed by atoms with E-state index in [4.69, 9.17) is 4.42 Å². The van der Waals surface area contributed by atoms with Crippen molar-refractivity contribution in [3.05, 3.63) is 47.9 Å². The molecule has 1 aromatic carbocycles. The Morgan fingerprint density at radius 3 is 2.44 bits per heavy atom. The molecule has 182 valence electrons. The molecule has 3 heterocycles. The quantitative estimate of drug-likeness (QED) is 0.580. The molecule has 7 nitrogen and oxygen atoms in total. The average molecular weight is 476 g/mol. The lowest BCUT2D eigenvalue weighted by atomic mass is 9.91. The molecule has 0 aliphatic carbocycles. The summed E-state index contributed by atoms with van der Waals surface area (Å²) in [6, 6.07) is 6.77. The molecular weight excluding hydrogens is 449 g/mol. The third-order valence-corrected chi connectivity index (χ3v) is 6.00. The zero-order chi connectivity index (χ0) is 24.7. The summed E-state index contributed by atoms with van der Waals surface area (Å²) in [5, 5.41) is 2.80. The van der Waals surface area contributed by atoms with Gasteiger partial charge < -0.3 is 13.9 Å². The van der Waals surface area contributed by atoms with Gasteiger partial charge in [-0.15, -0.1) is 0 Å². The number of piperidine rings is 1. The number of alkyl halides is 3. The van der Waals surface area contributed by atoms with Crippen molar-refractivity contribution in [1.82, 2.24) is 14.5 Å². The Morgan fingerprint density at radius 2 is 1.85 bits per heavy atom. The highest BCUT2D eigenvalue weighted by atomic mass is 19.4. The van der Waals surface area contributed by atoms with E-state index in [9.17, 15) is 22.8 Å². The molecule has 4 rings (SSSR count). The first-order valence-corrected chi connectivity index (χ1v) is 11.1. The maximum Gasteiger partial charge on any atom is 0.416 e. The number of fused-ring (bicyclic) bond motifs is 1. The highest BCUT2D eigenvalue weighted by Crippen LogP contribution is 2.33. The molecule has 0 atom stereocenters. The largest absolute Gasteiger partial charge is 0.467 e. The van der Waals surface area contributed by atoms with Gasteiger partial charge in [-0.1, -0.05) is 20.8 Å². The van der Waals surface area contributed by atoms with Crippen LogP contribution in [0.3, 0.4) is 0 Å². The predicted octanol–water partition coefficient (Wildman–Crippen LogP) is 4.92. The van der Waals surface area contributed by atoms with Crippen LogP contribution in [0.1, 0.15) is 44.9 Å². The number of carbonyl (C=O) groups excluding carboxylic acids is 2. The number of nitrogens with zero attached hydrogens (tertiary/aromatic N) is 3. The van der Waals surface area contributed by atoms with Crippen LogP contribution in [0.25, 0.3) is 11.0 Å². The summed E-state index contributed by atoms with van der Waals surface area (Å²) in [7, 11) is 0. The Labute approximate surface area is 194 Å². The van der Waals surface area contributed by atoms with Crippen LogP contribution < -0.4 is 5.32 Å². The zero-order valence-electron chi connectivity index (χ0n) is 19.3. The second kappa shape index (κ2) is 8.81. The molecule has 1 fully saturated rings. The van der Waals surface area contributed by atoms with Crippen molar-refractivity contribution in [3.8, 4) is 0 Å². The van der Waals surface area contributed by atoms with Gasteiger partial charge in [-0.05, 0) is 43.2 Å². The Bertz CT molecular complexity index is 1180. The highest BCUT2D eigenvalue weighted by molar-refractivity contribution is 5.93. The van der Waals surface area contributed by atoms with Crippen molar-refractivity contribution in [2.24, 2.45) is 11.3 Å². The molecule has 2 amide bonds. The van der Waals surface area contributed by atoms with Crippen molar-refractivity contribution in [3.63, 3.8) is 0 Å². The van der Waals surface area contributed by atoms with Crippen molar-refractivity contribution in [2.75, 3.05) is 18.4 Å². The van der Waals surface area contributed by atoms with Crippen LogP contribution in [0, 0.1) is 11.3 Å². The lowest BCUT2D eigenvalue weighted by Crippen LogP contribution is -2.45. The minimum Gasteiger partial charge on any atom is -0.467 e. The molecule has 1 saturated heterocycles. The Kier molecular flexibility index (Phi) is 6.18. The number of carbonyl (C=O) groups is 2. The van der Waals surface area contributed by atoms with Gasteiger partial charge in [-0.25, -0.2) is 4.98 Å². The molecule has 2 aromatic heterocycles. The van der Waals surface area contributed by atoms with Crippen LogP contribution in [-0.2, 0) is 22.3 Å². The molecule has 0 saturated carbocycles. The van der Waals surface area contributed by atoms with Gasteiger partial charge in [0.1, 0.15) is 5.76 Å². The van der Waals surface area contributed by atoms with E-state index >= 15 is 0 Å². The van der Waals surface area contributed by atoms with Crippen molar-refractivity contribution in [2.45, 2.75) is 46.3 Å². The Hall–Kier alpha value is -3.30. The first-order valence-electron chi connectivity index (χ1n) is 11.1. The summed E-state index contributed by atoms with van der Waals surface area (Å²) in [6.07, 6.45) is -1.99. The number of anilines is 1. The normalized spacial score (nSPS) is 15.6. The lowest BCUT2D eigenvalue weighted by Gasteiger charge is -2.35. The van der Waals surface area contributed by atoms with E-state index in [2.05, 4.69) is 10.3 Å². The molecular formula is C24H27F3N4O3. The molecule has 10 heteroatoms. The number of aromatic nitrogens is 2. The van der Waals surface area contributed by atoms with E-state index in [1.165, 1.54) is 12.3 Å². The molecule has 0 bridgehead atoms. The SMILES string of the molecule is CC(C)(C)C(=O)N1CCC(C(=O)Nc2nc3cc(C(F)(F)F)ccc3n2Cc2ccco2)CC1. The highest BCUT2D eigenvalue weighted by Gasteiger charge is 2.34. The minimum atomic E-state index is -4.50. The van der Waals surface area contributed by atoms with Gasteiger partial charge in [0.2, 0.25) is 17.8 Å². The van der Waals surface area contributed by atoms with Crippen molar-refractivity contribution < 1.29 is 27.2 Å². The van der Waals surface area contributed by atoms with Gasteiger partial charge >= 0.3 is 6.18 Å². The smallest absolute Gasteiger partial charge is 0.416 e. The van der Waals surface area contributed by atoms with E-state index in [-0.39, 0.29) is 35.7 Å². The number of amides is 2. The number of halogens is 3. The summed E-state index contributed by atoms with van der Waals surface area (Å²) < 4.78 is 46.6. The van der Waals surface area contributed by atoms with Gasteiger partial charge in [-0.2, -0.15) is 13.2 Å². The van der Waals surface area contributed by atoms with Gasteiger partial charge in [0.15, 0.2) is 0 Å². The third kappa shape index (κ3) is 4.95. The first kappa shape index (κ1) is 23.8. The van der Waals surface area contributed by atoms with Gasteiger partial charge in [0, 0.05) is 24.4 Å². The predicted molar refractivity (Wildman–Crippen MR) is 120 cm³/mol. The van der Waals surface area contributed by atoms with E-state index in [1.807, 2.05) is 20.8 Å². The van der Waals surface area contributed by atoms with Crippen LogP contribution in [-0.4, -0.2) is 39.4 Å². The number of rotatable bonds is 4. The second-order valence-electron chi connectivity index (χ2n) is 9.61. The van der Waals surface area contributed by atoms with Crippen LogP contribution in [0.4, 0.5) is 19.1 Å². The molecule has 3 aromatic rings. The van der Waals surface area contributed by atoms with E-state index < -0.39 is 17.2 Å². The summed E-state index contributed by atoms with van der Waals surface area (Å²) in [4.78, 5) is 31.6. The maximum atomic E-state index is 13.2. The van der Waals surface area contributed by atoms with Gasteiger partial charge in [-0.3, -0.25) is 14.9 Å². The number of hydrogen-bond donors (Lipinski definition) is 1. The van der Waals surface area contributed by atoms with Crippen LogP contribution >= 0.6 is 0 Å². The maximum absolute atomic E-state index is 13.2. The Morgan fingerprint density at radius 1 is 1.15 bits per heavy atom. The fraction of sp³-hybridized carbons (Fsp3) is 0.458. The average Bonchev–Trinajstić information content (AvgIpc) is 3.40. The van der Waals surface area contributed by atoms with E-state index in [0.29, 0.717) is 37.2 Å². The molecule has 0 spiro atoms. The topological polar surface area (TPSA) is 80.4 Å². The molecule has 1 aliphatic heterocycles. The number of nitrogens with one attached hydrogen (secondary N) is 1. The minimum absolute atomic E-state index is 0.0482. The molecule has 1 aliphatic rings. The summed E-state index contributed by atoms with van der Waals surface area (Å²) in [5.41, 5.74) is -0.717. The molecule has 1 N–H and O–H groups in total.